The molecule has 1 unspecified atom stereocenters. The monoisotopic (exact) mass is 284 g/mol. The molecular formula is C16H16N2OS. The number of allylic oxidation sites excluding steroid dienone is 2. The van der Waals surface area contributed by atoms with E-state index in [4.69, 9.17) is 0 Å². The lowest BCUT2D eigenvalue weighted by Crippen LogP contribution is -2.24. The van der Waals surface area contributed by atoms with Crippen LogP contribution in [-0.2, 0) is 4.79 Å². The van der Waals surface area contributed by atoms with Crippen molar-refractivity contribution in [3.05, 3.63) is 64.3 Å². The molecule has 1 aromatic carbocycles. The fraction of sp³-hybridized carbons (Fsp3) is 0.250. The molecule has 1 aromatic heterocycles. The molecule has 0 bridgehead atoms. The maximum absolute atomic E-state index is 11.5. The zero-order chi connectivity index (χ0) is 13.8. The van der Waals surface area contributed by atoms with Gasteiger partial charge >= 0.3 is 0 Å². The largest absolute Gasteiger partial charge is 0.375 e. The Balaban J connectivity index is 1.89. The van der Waals surface area contributed by atoms with Crippen molar-refractivity contribution in [1.29, 1.82) is 0 Å². The zero-order valence-corrected chi connectivity index (χ0v) is 11.9. The van der Waals surface area contributed by atoms with E-state index in [1.54, 1.807) is 17.4 Å². The van der Waals surface area contributed by atoms with Gasteiger partial charge < -0.3 is 5.32 Å². The van der Waals surface area contributed by atoms with Gasteiger partial charge in [0, 0.05) is 29.8 Å². The maximum Gasteiger partial charge on any atom is 0.157 e. The summed E-state index contributed by atoms with van der Waals surface area (Å²) in [6.07, 6.45) is 6.08. The number of rotatable bonds is 4. The lowest BCUT2D eigenvalue weighted by molar-refractivity contribution is -0.115. The number of nitrogens with one attached hydrogen (secondary N) is 1. The van der Waals surface area contributed by atoms with Gasteiger partial charge in [-0.15, -0.1) is 11.3 Å². The van der Waals surface area contributed by atoms with Crippen molar-refractivity contribution in [2.45, 2.75) is 25.3 Å². The number of hydrogen-bond acceptors (Lipinski definition) is 4. The fourth-order valence-corrected chi connectivity index (χ4v) is 3.12. The van der Waals surface area contributed by atoms with Crippen LogP contribution >= 0.6 is 11.3 Å². The summed E-state index contributed by atoms with van der Waals surface area (Å²) >= 11 is 1.63. The summed E-state index contributed by atoms with van der Waals surface area (Å²) in [6.45, 7) is 0. The predicted octanol–water partition coefficient (Wildman–Crippen LogP) is 3.46. The lowest BCUT2D eigenvalue weighted by atomic mass is 10.0. The topological polar surface area (TPSA) is 42.0 Å². The molecule has 0 aliphatic heterocycles. The Hall–Kier alpha value is -1.94. The molecule has 3 rings (SSSR count). The van der Waals surface area contributed by atoms with Crippen LogP contribution in [0.15, 0.2) is 53.7 Å². The number of thiazole rings is 1. The van der Waals surface area contributed by atoms with Gasteiger partial charge in [-0.1, -0.05) is 30.3 Å². The quantitative estimate of drug-likeness (QED) is 0.935. The third-order valence-electron chi connectivity index (χ3n) is 3.37. The molecule has 1 aliphatic carbocycles. The first kappa shape index (κ1) is 13.1. The molecule has 1 N–H and O–H groups in total. The van der Waals surface area contributed by atoms with Crippen molar-refractivity contribution in [3.8, 4) is 0 Å². The van der Waals surface area contributed by atoms with Crippen molar-refractivity contribution in [2.75, 3.05) is 0 Å². The van der Waals surface area contributed by atoms with Gasteiger partial charge in [0.25, 0.3) is 0 Å². The zero-order valence-electron chi connectivity index (χ0n) is 11.1. The normalized spacial score (nSPS) is 16.6. The minimum atomic E-state index is 0.0216. The van der Waals surface area contributed by atoms with Gasteiger partial charge in [0.15, 0.2) is 5.78 Å². The molecule has 20 heavy (non-hydrogen) atoms. The molecule has 1 aliphatic rings. The Morgan fingerprint density at radius 1 is 1.20 bits per heavy atom. The number of aromatic nitrogens is 1. The van der Waals surface area contributed by atoms with Gasteiger partial charge in [0.05, 0.1) is 0 Å². The molecule has 1 heterocycles. The van der Waals surface area contributed by atoms with Gasteiger partial charge in [0.2, 0.25) is 0 Å². The van der Waals surface area contributed by atoms with Gasteiger partial charge in [-0.2, -0.15) is 0 Å². The number of carbonyl (C=O) groups is 1. The first-order valence-corrected chi connectivity index (χ1v) is 7.65. The average Bonchev–Trinajstić information content (AvgIpc) is 3.00. The minimum absolute atomic E-state index is 0.0216. The molecule has 4 heteroatoms. The first-order valence-electron chi connectivity index (χ1n) is 6.77. The van der Waals surface area contributed by atoms with Gasteiger partial charge in [0.1, 0.15) is 11.0 Å². The van der Waals surface area contributed by atoms with Crippen molar-refractivity contribution in [3.63, 3.8) is 0 Å². The summed E-state index contributed by atoms with van der Waals surface area (Å²) in [5, 5.41) is 6.50. The highest BCUT2D eigenvalue weighted by Crippen LogP contribution is 2.26. The van der Waals surface area contributed by atoms with Crippen LogP contribution in [-0.4, -0.2) is 10.8 Å². The summed E-state index contributed by atoms with van der Waals surface area (Å²) in [5.41, 5.74) is 2.19. The Morgan fingerprint density at radius 2 is 2.05 bits per heavy atom. The van der Waals surface area contributed by atoms with Crippen LogP contribution < -0.4 is 5.32 Å². The average molecular weight is 284 g/mol. The Bertz CT molecular complexity index is 605. The molecule has 3 nitrogen and oxygen atoms in total. The third-order valence-corrected chi connectivity index (χ3v) is 4.21. The second-order valence-corrected chi connectivity index (χ2v) is 5.77. The smallest absolute Gasteiger partial charge is 0.157 e. The summed E-state index contributed by atoms with van der Waals surface area (Å²) < 4.78 is 0. The number of ketones is 1. The van der Waals surface area contributed by atoms with Crippen LogP contribution in [0.3, 0.4) is 0 Å². The molecule has 0 radical (unpaired) electrons. The van der Waals surface area contributed by atoms with Crippen molar-refractivity contribution >= 4 is 17.1 Å². The molecule has 102 valence electrons. The van der Waals surface area contributed by atoms with E-state index < -0.39 is 0 Å². The fourth-order valence-electron chi connectivity index (χ4n) is 2.40. The molecule has 0 saturated heterocycles. The molecule has 1 atom stereocenters. The molecule has 0 fully saturated rings. The molecule has 0 saturated carbocycles. The van der Waals surface area contributed by atoms with E-state index in [9.17, 15) is 4.79 Å². The highest BCUT2D eigenvalue weighted by molar-refractivity contribution is 7.09. The SMILES string of the molecule is O=C1C=C(NC(c2ccccc2)c2nccs2)CCC1. The number of benzene rings is 1. The Morgan fingerprint density at radius 3 is 2.75 bits per heavy atom. The van der Waals surface area contributed by atoms with Crippen LogP contribution in [0.5, 0.6) is 0 Å². The van der Waals surface area contributed by atoms with E-state index in [-0.39, 0.29) is 11.8 Å². The highest BCUT2D eigenvalue weighted by atomic mass is 32.1. The predicted molar refractivity (Wildman–Crippen MR) is 80.5 cm³/mol. The van der Waals surface area contributed by atoms with E-state index in [1.165, 1.54) is 5.56 Å². The van der Waals surface area contributed by atoms with Gasteiger partial charge in [-0.05, 0) is 18.4 Å². The van der Waals surface area contributed by atoms with E-state index in [0.29, 0.717) is 6.42 Å². The minimum Gasteiger partial charge on any atom is -0.375 e. The van der Waals surface area contributed by atoms with Crippen LogP contribution in [0.4, 0.5) is 0 Å². The van der Waals surface area contributed by atoms with Gasteiger partial charge in [-0.3, -0.25) is 4.79 Å². The van der Waals surface area contributed by atoms with E-state index in [0.717, 1.165) is 23.5 Å². The first-order chi connectivity index (χ1) is 9.83. The van der Waals surface area contributed by atoms with Crippen LogP contribution in [0.25, 0.3) is 0 Å². The molecule has 0 spiro atoms. The van der Waals surface area contributed by atoms with E-state index in [2.05, 4.69) is 22.4 Å². The van der Waals surface area contributed by atoms with Crippen LogP contribution in [0.2, 0.25) is 0 Å². The second-order valence-electron chi connectivity index (χ2n) is 4.85. The van der Waals surface area contributed by atoms with Crippen molar-refractivity contribution < 1.29 is 4.79 Å². The number of carbonyl (C=O) groups excluding carboxylic acids is 1. The van der Waals surface area contributed by atoms with E-state index >= 15 is 0 Å². The maximum atomic E-state index is 11.5. The van der Waals surface area contributed by atoms with Crippen molar-refractivity contribution in [1.82, 2.24) is 10.3 Å². The molecule has 0 amide bonds. The Labute approximate surface area is 122 Å². The standard InChI is InChI=1S/C16H16N2OS/c19-14-8-4-7-13(11-14)18-15(16-17-9-10-20-16)12-5-2-1-3-6-12/h1-3,5-6,9-11,15,18H,4,7-8H2. The van der Waals surface area contributed by atoms with Crippen molar-refractivity contribution in [2.24, 2.45) is 0 Å². The second kappa shape index (κ2) is 6.01. The number of hydrogen-bond donors (Lipinski definition) is 1. The summed E-state index contributed by atoms with van der Waals surface area (Å²) in [4.78, 5) is 16.0. The molecular weight excluding hydrogens is 268 g/mol. The molecule has 2 aromatic rings. The Kier molecular flexibility index (Phi) is 3.92. The highest BCUT2D eigenvalue weighted by Gasteiger charge is 2.19. The van der Waals surface area contributed by atoms with E-state index in [1.807, 2.05) is 29.8 Å². The summed E-state index contributed by atoms with van der Waals surface area (Å²) in [5.74, 6) is 0.213. The summed E-state index contributed by atoms with van der Waals surface area (Å²) in [6, 6.07) is 10.3. The van der Waals surface area contributed by atoms with Crippen LogP contribution in [0.1, 0.15) is 35.9 Å². The third kappa shape index (κ3) is 2.96. The number of nitrogens with zero attached hydrogens (tertiary/aromatic N) is 1. The lowest BCUT2D eigenvalue weighted by Gasteiger charge is -2.22. The summed E-state index contributed by atoms with van der Waals surface area (Å²) in [7, 11) is 0. The van der Waals surface area contributed by atoms with Gasteiger partial charge in [-0.25, -0.2) is 4.98 Å². The van der Waals surface area contributed by atoms with Crippen LogP contribution in [0, 0.1) is 0 Å².